The molecule has 0 aromatic heterocycles. The molecule has 44 valence electrons. The van der Waals surface area contributed by atoms with Gasteiger partial charge in [0.1, 0.15) is 0 Å². The Morgan fingerprint density at radius 3 is 1.29 bits per heavy atom. The molecule has 0 rings (SSSR count). The Morgan fingerprint density at radius 2 is 1.14 bits per heavy atom. The average Bonchev–Trinajstić information content (AvgIpc) is 1.61. The van der Waals surface area contributed by atoms with Gasteiger partial charge in [0.15, 0.2) is 0 Å². The van der Waals surface area contributed by atoms with Crippen molar-refractivity contribution in [2.45, 2.75) is 39.5 Å². The van der Waals surface area contributed by atoms with Crippen LogP contribution in [0.3, 0.4) is 0 Å². The molecule has 7 heavy (non-hydrogen) atoms. The van der Waals surface area contributed by atoms with E-state index in [1.54, 1.807) is 0 Å². The van der Waals surface area contributed by atoms with Crippen LogP contribution in [0.2, 0.25) is 0 Å². The minimum atomic E-state index is 0. The van der Waals surface area contributed by atoms with E-state index in [0.29, 0.717) is 0 Å². The van der Waals surface area contributed by atoms with E-state index in [-0.39, 0.29) is 21.1 Å². The molecule has 0 atom stereocenters. The standard InChI is InChI=1S/C6H14.Mo/c1-3-5-6-4-2;/h3-6H2,1-2H3;. The van der Waals surface area contributed by atoms with Gasteiger partial charge in [-0.1, -0.05) is 39.5 Å². The number of hydrogen-bond acceptors (Lipinski definition) is 0. The molecule has 0 radical (unpaired) electrons. The van der Waals surface area contributed by atoms with Crippen LogP contribution in [-0.4, -0.2) is 0 Å². The van der Waals surface area contributed by atoms with Gasteiger partial charge >= 0.3 is 0 Å². The summed E-state index contributed by atoms with van der Waals surface area (Å²) >= 11 is 0. The third kappa shape index (κ3) is 10.8. The molecule has 0 spiro atoms. The van der Waals surface area contributed by atoms with Crippen molar-refractivity contribution in [3.05, 3.63) is 0 Å². The summed E-state index contributed by atoms with van der Waals surface area (Å²) in [7, 11) is 0. The van der Waals surface area contributed by atoms with Crippen LogP contribution in [-0.2, 0) is 21.1 Å². The van der Waals surface area contributed by atoms with E-state index < -0.39 is 0 Å². The zero-order valence-corrected chi connectivity index (χ0v) is 7.24. The summed E-state index contributed by atoms with van der Waals surface area (Å²) in [5, 5.41) is 0. The third-order valence-electron chi connectivity index (χ3n) is 0.957. The Morgan fingerprint density at radius 1 is 0.857 bits per heavy atom. The average molecular weight is 182 g/mol. The number of hydrogen-bond donors (Lipinski definition) is 0. The van der Waals surface area contributed by atoms with Crippen molar-refractivity contribution in [3.63, 3.8) is 0 Å². The van der Waals surface area contributed by atoms with Crippen LogP contribution >= 0.6 is 0 Å². The van der Waals surface area contributed by atoms with E-state index in [1.165, 1.54) is 25.7 Å². The molecule has 0 amide bonds. The largest absolute Gasteiger partial charge is 0.0654 e. The second-order valence-electron chi connectivity index (χ2n) is 1.71. The quantitative estimate of drug-likeness (QED) is 0.464. The molecule has 1 heteroatoms. The second-order valence-corrected chi connectivity index (χ2v) is 1.71. The van der Waals surface area contributed by atoms with E-state index in [2.05, 4.69) is 13.8 Å². The second kappa shape index (κ2) is 9.85. The summed E-state index contributed by atoms with van der Waals surface area (Å²) < 4.78 is 0. The van der Waals surface area contributed by atoms with E-state index >= 15 is 0 Å². The van der Waals surface area contributed by atoms with Crippen LogP contribution in [0.5, 0.6) is 0 Å². The molecule has 0 aromatic rings. The zero-order chi connectivity index (χ0) is 4.83. The molecule has 0 N–H and O–H groups in total. The fraction of sp³-hybridized carbons (Fsp3) is 1.00. The molecule has 0 bridgehead atoms. The van der Waals surface area contributed by atoms with Gasteiger partial charge in [0.05, 0.1) is 0 Å². The summed E-state index contributed by atoms with van der Waals surface area (Å²) in [6, 6.07) is 0. The fourth-order valence-corrected chi connectivity index (χ4v) is 0.500. The van der Waals surface area contributed by atoms with Crippen molar-refractivity contribution >= 4 is 0 Å². The van der Waals surface area contributed by atoms with Crippen LogP contribution in [0.15, 0.2) is 0 Å². The van der Waals surface area contributed by atoms with Gasteiger partial charge in [-0.25, -0.2) is 0 Å². The van der Waals surface area contributed by atoms with Crippen LogP contribution in [0.25, 0.3) is 0 Å². The van der Waals surface area contributed by atoms with Gasteiger partial charge in [-0.05, 0) is 0 Å². The Labute approximate surface area is 61.0 Å². The van der Waals surface area contributed by atoms with Gasteiger partial charge in [-0.2, -0.15) is 0 Å². The summed E-state index contributed by atoms with van der Waals surface area (Å²) in [5.74, 6) is 0. The first-order chi connectivity index (χ1) is 2.91. The molecule has 0 saturated heterocycles. The van der Waals surface area contributed by atoms with Crippen LogP contribution in [0.4, 0.5) is 0 Å². The molecule has 0 heterocycles. The molecule has 0 fully saturated rings. The SMILES string of the molecule is CCCCCC.[Mo]. The van der Waals surface area contributed by atoms with E-state index in [1.807, 2.05) is 0 Å². The summed E-state index contributed by atoms with van der Waals surface area (Å²) in [4.78, 5) is 0. The molecular weight excluding hydrogens is 168 g/mol. The van der Waals surface area contributed by atoms with Gasteiger partial charge in [-0.3, -0.25) is 0 Å². The van der Waals surface area contributed by atoms with Gasteiger partial charge in [0.2, 0.25) is 0 Å². The molecule has 0 unspecified atom stereocenters. The first-order valence-corrected chi connectivity index (χ1v) is 2.91. The van der Waals surface area contributed by atoms with E-state index in [9.17, 15) is 0 Å². The molecular formula is C6H14Mo. The normalized spacial score (nSPS) is 7.71. The summed E-state index contributed by atoms with van der Waals surface area (Å²) in [5.41, 5.74) is 0. The molecule has 0 nitrogen and oxygen atoms in total. The monoisotopic (exact) mass is 184 g/mol. The molecule has 0 aromatic carbocycles. The van der Waals surface area contributed by atoms with Crippen molar-refractivity contribution in [2.24, 2.45) is 0 Å². The Bertz CT molecular complexity index is 16.1. The Balaban J connectivity index is 0. The Kier molecular flexibility index (Phi) is 15.0. The van der Waals surface area contributed by atoms with Gasteiger partial charge < -0.3 is 0 Å². The smallest absolute Gasteiger partial charge is 0 e. The summed E-state index contributed by atoms with van der Waals surface area (Å²) in [6.45, 7) is 4.46. The maximum Gasteiger partial charge on any atom is 0 e. The Hall–Kier alpha value is 0.688. The number of unbranched alkanes of at least 4 members (excludes halogenated alkanes) is 3. The molecule has 0 saturated carbocycles. The van der Waals surface area contributed by atoms with Gasteiger partial charge in [0.25, 0.3) is 0 Å². The minimum absolute atomic E-state index is 0. The fourth-order valence-electron chi connectivity index (χ4n) is 0.500. The first-order valence-electron chi connectivity index (χ1n) is 2.91. The topological polar surface area (TPSA) is 0 Å². The van der Waals surface area contributed by atoms with Crippen molar-refractivity contribution < 1.29 is 21.1 Å². The van der Waals surface area contributed by atoms with Crippen LogP contribution in [0, 0.1) is 0 Å². The zero-order valence-electron chi connectivity index (χ0n) is 5.24. The van der Waals surface area contributed by atoms with Crippen molar-refractivity contribution in [2.75, 3.05) is 0 Å². The molecule has 0 aliphatic rings. The predicted octanol–water partition coefficient (Wildman–Crippen LogP) is 2.58. The van der Waals surface area contributed by atoms with Crippen LogP contribution < -0.4 is 0 Å². The van der Waals surface area contributed by atoms with Crippen molar-refractivity contribution in [1.29, 1.82) is 0 Å². The molecule has 0 aliphatic carbocycles. The number of rotatable bonds is 3. The summed E-state index contributed by atoms with van der Waals surface area (Å²) in [6.07, 6.45) is 5.54. The third-order valence-corrected chi connectivity index (χ3v) is 0.957. The maximum atomic E-state index is 2.23. The van der Waals surface area contributed by atoms with E-state index in [4.69, 9.17) is 0 Å². The van der Waals surface area contributed by atoms with E-state index in [0.717, 1.165) is 0 Å². The van der Waals surface area contributed by atoms with Crippen LogP contribution in [0.1, 0.15) is 39.5 Å². The predicted molar refractivity (Wildman–Crippen MR) is 29.8 cm³/mol. The van der Waals surface area contributed by atoms with Gasteiger partial charge in [0, 0.05) is 21.1 Å². The minimum Gasteiger partial charge on any atom is -0.0654 e. The molecule has 0 aliphatic heterocycles. The first kappa shape index (κ1) is 10.6. The van der Waals surface area contributed by atoms with Crippen molar-refractivity contribution in [3.8, 4) is 0 Å². The maximum absolute atomic E-state index is 2.23. The van der Waals surface area contributed by atoms with Crippen molar-refractivity contribution in [1.82, 2.24) is 0 Å². The van der Waals surface area contributed by atoms with Gasteiger partial charge in [-0.15, -0.1) is 0 Å².